The van der Waals surface area contributed by atoms with Gasteiger partial charge in [0.1, 0.15) is 0 Å². The van der Waals surface area contributed by atoms with E-state index >= 15 is 0 Å². The van der Waals surface area contributed by atoms with E-state index in [4.69, 9.17) is 6.65 Å². The summed E-state index contributed by atoms with van der Waals surface area (Å²) in [4.78, 5) is 0. The van der Waals surface area contributed by atoms with Gasteiger partial charge < -0.3 is 1.43 Å². The van der Waals surface area contributed by atoms with Gasteiger partial charge in [-0.15, -0.1) is 0 Å². The molecule has 0 fully saturated rings. The van der Waals surface area contributed by atoms with Crippen LogP contribution in [0.15, 0.2) is 0 Å². The van der Waals surface area contributed by atoms with Crippen LogP contribution < -0.4 is 51.4 Å². The van der Waals surface area contributed by atoms with Crippen molar-refractivity contribution in [3.63, 3.8) is 0 Å². The summed E-state index contributed by atoms with van der Waals surface area (Å²) in [6, 6.07) is 0. The standard InChI is InChI=1S/Fe.K.2O.Ti.H/q;+1;;;;-1. The summed E-state index contributed by atoms with van der Waals surface area (Å²) in [5.41, 5.74) is 0. The third kappa shape index (κ3) is 21.2. The first-order valence-corrected chi connectivity index (χ1v) is 1.68. The molecule has 0 aliphatic rings. The molecule has 0 aromatic heterocycles. The molecule has 0 amide bonds. The Kier molecular flexibility index (Phi) is 50.3. The number of hydrogen-bond donors (Lipinski definition) is 0. The fourth-order valence-corrected chi connectivity index (χ4v) is 0. The molecule has 0 saturated carbocycles. The topological polar surface area (TPSA) is 34.1 Å². The second-order valence-corrected chi connectivity index (χ2v) is 0.344. The molecule has 0 radical (unpaired) electrons. The second kappa shape index (κ2) is 16.1. The van der Waals surface area contributed by atoms with Crippen LogP contribution in [0, 0.1) is 0 Å². The van der Waals surface area contributed by atoms with Crippen LogP contribution in [0.3, 0.4) is 0 Å². The van der Waals surface area contributed by atoms with Gasteiger partial charge in [-0.2, -0.15) is 0 Å². The Hall–Kier alpha value is 2.47. The van der Waals surface area contributed by atoms with Crippen LogP contribution in [0.2, 0.25) is 0 Å². The zero-order valence-corrected chi connectivity index (χ0v) is 8.46. The molecule has 0 bridgehead atoms. The summed E-state index contributed by atoms with van der Waals surface area (Å²) in [6.07, 6.45) is 0. The summed E-state index contributed by atoms with van der Waals surface area (Å²) in [5.74, 6) is 0. The van der Waals surface area contributed by atoms with Gasteiger partial charge >= 0.3 is 77.1 Å². The second-order valence-electron chi connectivity index (χ2n) is 0.0833. The van der Waals surface area contributed by atoms with Crippen molar-refractivity contribution < 1.29 is 95.6 Å². The van der Waals surface area contributed by atoms with E-state index in [2.05, 4.69) is 0 Å². The van der Waals surface area contributed by atoms with Gasteiger partial charge in [-0.1, -0.05) is 0 Å². The molecule has 0 aliphatic heterocycles. The van der Waals surface area contributed by atoms with Gasteiger partial charge in [0.25, 0.3) is 0 Å². The fraction of sp³-hybridized carbons (Fsp3) is 0. The van der Waals surface area contributed by atoms with Crippen LogP contribution in [0.5, 0.6) is 0 Å². The Morgan fingerprint density at radius 2 is 1.40 bits per heavy atom. The Bertz CT molecular complexity index is 34.5. The molecule has 0 N–H and O–H groups in total. The van der Waals surface area contributed by atoms with E-state index < -0.39 is 19.1 Å². The summed E-state index contributed by atoms with van der Waals surface area (Å²) < 4.78 is 17.0. The zero-order chi connectivity index (χ0) is 2.71. The van der Waals surface area contributed by atoms with Crippen LogP contribution in [0.4, 0.5) is 0 Å². The maximum absolute atomic E-state index is 8.50. The van der Waals surface area contributed by atoms with Crippen molar-refractivity contribution in [3.8, 4) is 0 Å². The molecule has 0 unspecified atom stereocenters. The van der Waals surface area contributed by atoms with Crippen molar-refractivity contribution in [3.05, 3.63) is 0 Å². The molecule has 26 valence electrons. The first-order chi connectivity index (χ1) is 1.41. The maximum atomic E-state index is 8.50. The predicted octanol–water partition coefficient (Wildman–Crippen LogP) is -3.13. The number of rotatable bonds is 0. The van der Waals surface area contributed by atoms with Crippen LogP contribution in [0.25, 0.3) is 0 Å². The Balaban J connectivity index is -0.00000000667. The first kappa shape index (κ1) is 15.6. The van der Waals surface area contributed by atoms with Crippen molar-refractivity contribution in [2.45, 2.75) is 0 Å². The normalized spacial score (nSPS) is 1.60. The third-order valence-corrected chi connectivity index (χ3v) is 0. The third-order valence-electron chi connectivity index (χ3n) is 0. The average Bonchev–Trinajstić information content (AvgIpc) is 0.918. The SMILES string of the molecule is [Fe].[H-].[K+].[O]=[Ti]=[O]. The van der Waals surface area contributed by atoms with Crippen molar-refractivity contribution in [2.24, 2.45) is 0 Å². The number of hydrogen-bond acceptors (Lipinski definition) is 2. The van der Waals surface area contributed by atoms with Gasteiger partial charge in [0, 0.05) is 17.1 Å². The molecule has 0 aliphatic carbocycles. The average molecular weight is 176 g/mol. The van der Waals surface area contributed by atoms with Gasteiger partial charge in [-0.3, -0.25) is 0 Å². The van der Waals surface area contributed by atoms with Crippen molar-refractivity contribution >= 4 is 0 Å². The molecule has 0 atom stereocenters. The minimum atomic E-state index is -2.00. The van der Waals surface area contributed by atoms with Crippen molar-refractivity contribution in [1.82, 2.24) is 0 Å². The van der Waals surface area contributed by atoms with E-state index in [1.165, 1.54) is 0 Å². The molecular weight excluding hydrogens is 175 g/mol. The first-order valence-electron chi connectivity index (χ1n) is 0.408. The van der Waals surface area contributed by atoms with Crippen LogP contribution >= 0.6 is 0 Å². The summed E-state index contributed by atoms with van der Waals surface area (Å²) in [5, 5.41) is 0. The molecular formula is HFeKO2Ti. The molecule has 5 heavy (non-hydrogen) atoms. The van der Waals surface area contributed by atoms with Gasteiger partial charge in [0.05, 0.1) is 0 Å². The molecule has 5 heteroatoms. The van der Waals surface area contributed by atoms with E-state index in [1.54, 1.807) is 0 Å². The van der Waals surface area contributed by atoms with Gasteiger partial charge in [-0.25, -0.2) is 0 Å². The van der Waals surface area contributed by atoms with Gasteiger partial charge in [-0.05, 0) is 0 Å². The van der Waals surface area contributed by atoms with Crippen LogP contribution in [-0.4, -0.2) is 0 Å². The molecule has 0 spiro atoms. The minimum absolute atomic E-state index is 0. The van der Waals surface area contributed by atoms with Crippen molar-refractivity contribution in [1.29, 1.82) is 0 Å². The van der Waals surface area contributed by atoms with E-state index in [9.17, 15) is 0 Å². The molecule has 0 rings (SSSR count). The summed E-state index contributed by atoms with van der Waals surface area (Å²) in [7, 11) is 0. The molecule has 0 saturated heterocycles. The Labute approximate surface area is 93.4 Å². The molecule has 0 heterocycles. The van der Waals surface area contributed by atoms with E-state index in [-0.39, 0.29) is 69.9 Å². The van der Waals surface area contributed by atoms with Crippen LogP contribution in [-0.2, 0) is 42.8 Å². The summed E-state index contributed by atoms with van der Waals surface area (Å²) >= 11 is -2.00. The van der Waals surface area contributed by atoms with Gasteiger partial charge in [0.2, 0.25) is 0 Å². The molecule has 0 aromatic carbocycles. The summed E-state index contributed by atoms with van der Waals surface area (Å²) in [6.45, 7) is 0. The van der Waals surface area contributed by atoms with Crippen LogP contribution in [0.1, 0.15) is 1.43 Å². The fourth-order valence-electron chi connectivity index (χ4n) is 0. The quantitative estimate of drug-likeness (QED) is 0.365. The van der Waals surface area contributed by atoms with E-state index in [0.717, 1.165) is 0 Å². The van der Waals surface area contributed by atoms with Gasteiger partial charge in [0.15, 0.2) is 0 Å². The molecule has 0 aromatic rings. The van der Waals surface area contributed by atoms with Crippen molar-refractivity contribution in [2.75, 3.05) is 0 Å². The van der Waals surface area contributed by atoms with E-state index in [0.29, 0.717) is 0 Å². The molecule has 2 nitrogen and oxygen atoms in total. The zero-order valence-electron chi connectivity index (χ0n) is 3.67. The monoisotopic (exact) mass is 176 g/mol. The Morgan fingerprint density at radius 3 is 1.40 bits per heavy atom. The Morgan fingerprint density at radius 1 is 1.40 bits per heavy atom. The predicted molar refractivity (Wildman–Crippen MR) is 2.49 cm³/mol. The van der Waals surface area contributed by atoms with E-state index in [1.807, 2.05) is 0 Å².